The summed E-state index contributed by atoms with van der Waals surface area (Å²) >= 11 is 0. The second-order valence-corrected chi connectivity index (χ2v) is 13.9. The molecule has 0 N–H and O–H groups in total. The highest BCUT2D eigenvalue weighted by molar-refractivity contribution is 6.41. The van der Waals surface area contributed by atoms with Crippen LogP contribution in [0.2, 0.25) is 0 Å². The van der Waals surface area contributed by atoms with Crippen LogP contribution < -0.4 is 11.1 Å². The zero-order valence-corrected chi connectivity index (χ0v) is 26.8. The van der Waals surface area contributed by atoms with Crippen LogP contribution >= 0.6 is 0 Å². The van der Waals surface area contributed by atoms with E-state index in [1.54, 1.807) is 20.9 Å². The van der Waals surface area contributed by atoms with E-state index >= 15 is 8.78 Å². The standard InChI is InChI=1S/C44H18F2N4O2/c45-29-17-27-35-25(41-47-31-13-19-5-1-3-7-21(19)15-33(31)49(41)43(27)51)11-9-23-38-30(46)18-28-36-26(12-10-24(40(36)38)37(29)39(23)35)42-48-32-14-20-6-2-4-8-22(20)16-34(32)50(42)44(28)52/h1-18H. The number of fused-ring (bicyclic) bond motifs is 12. The van der Waals surface area contributed by atoms with Crippen molar-refractivity contribution in [1.29, 1.82) is 0 Å². The molecule has 4 aromatic heterocycles. The van der Waals surface area contributed by atoms with E-state index in [-0.39, 0.29) is 21.5 Å². The highest BCUT2D eigenvalue weighted by Crippen LogP contribution is 2.47. The molecule has 0 bridgehead atoms. The van der Waals surface area contributed by atoms with Gasteiger partial charge in [-0.25, -0.2) is 18.7 Å². The maximum Gasteiger partial charge on any atom is 0.264 e. The molecule has 6 nitrogen and oxygen atoms in total. The normalized spacial score (nSPS) is 13.0. The first-order valence-corrected chi connectivity index (χ1v) is 17.0. The summed E-state index contributed by atoms with van der Waals surface area (Å²) in [6, 6.07) is 33.4. The lowest BCUT2D eigenvalue weighted by Crippen LogP contribution is -2.14. The van der Waals surface area contributed by atoms with Crippen LogP contribution in [-0.2, 0) is 0 Å². The number of nitrogens with zero attached hydrogens (tertiary/aromatic N) is 4. The average Bonchev–Trinajstić information content (AvgIpc) is 3.72. The van der Waals surface area contributed by atoms with Crippen LogP contribution in [0.25, 0.3) is 120 Å². The summed E-state index contributed by atoms with van der Waals surface area (Å²) in [4.78, 5) is 38.6. The predicted molar refractivity (Wildman–Crippen MR) is 205 cm³/mol. The van der Waals surface area contributed by atoms with E-state index in [9.17, 15) is 9.59 Å². The molecule has 0 fully saturated rings. The van der Waals surface area contributed by atoms with Crippen molar-refractivity contribution in [2.45, 2.75) is 0 Å². The molecule has 13 rings (SSSR count). The molecule has 13 aromatic rings. The molecule has 0 amide bonds. The first kappa shape index (κ1) is 26.8. The lowest BCUT2D eigenvalue weighted by Gasteiger charge is -2.19. The fourth-order valence-electron chi connectivity index (χ4n) is 9.26. The third-order valence-corrected chi connectivity index (χ3v) is 11.4. The van der Waals surface area contributed by atoms with Crippen molar-refractivity contribution < 1.29 is 8.78 Å². The number of benzene rings is 9. The Balaban J connectivity index is 1.23. The van der Waals surface area contributed by atoms with Crippen LogP contribution in [0.5, 0.6) is 0 Å². The average molecular weight is 673 g/mol. The molecule has 8 heteroatoms. The third-order valence-electron chi connectivity index (χ3n) is 11.4. The molecule has 0 aliphatic heterocycles. The van der Waals surface area contributed by atoms with Gasteiger partial charge in [0.1, 0.15) is 22.9 Å². The van der Waals surface area contributed by atoms with Crippen molar-refractivity contribution >= 4 is 120 Å². The van der Waals surface area contributed by atoms with Crippen molar-refractivity contribution in [1.82, 2.24) is 18.8 Å². The summed E-state index contributed by atoms with van der Waals surface area (Å²) < 4.78 is 36.7. The highest BCUT2D eigenvalue weighted by atomic mass is 19.1. The summed E-state index contributed by atoms with van der Waals surface area (Å²) in [5.74, 6) is -1.19. The van der Waals surface area contributed by atoms with Crippen molar-refractivity contribution in [3.8, 4) is 0 Å². The number of imidazole rings is 2. The minimum atomic E-state index is -0.597. The minimum Gasteiger partial charge on any atom is -0.268 e. The van der Waals surface area contributed by atoms with E-state index in [2.05, 4.69) is 0 Å². The summed E-state index contributed by atoms with van der Waals surface area (Å²) in [5.41, 5.74) is 2.71. The van der Waals surface area contributed by atoms with E-state index in [0.29, 0.717) is 76.5 Å². The largest absolute Gasteiger partial charge is 0.268 e. The van der Waals surface area contributed by atoms with Gasteiger partial charge in [-0.2, -0.15) is 0 Å². The Hall–Kier alpha value is -7.06. The molecule has 0 atom stereocenters. The smallest absolute Gasteiger partial charge is 0.264 e. The lowest BCUT2D eigenvalue weighted by molar-refractivity contribution is 0.640. The van der Waals surface area contributed by atoms with Gasteiger partial charge < -0.3 is 0 Å². The molecule has 0 aliphatic rings. The second kappa shape index (κ2) is 8.62. The number of halogens is 2. The molecule has 0 radical (unpaired) electrons. The topological polar surface area (TPSA) is 68.7 Å². The van der Waals surface area contributed by atoms with Crippen LogP contribution in [-0.4, -0.2) is 18.8 Å². The maximum absolute atomic E-state index is 16.8. The van der Waals surface area contributed by atoms with Gasteiger partial charge in [-0.15, -0.1) is 0 Å². The van der Waals surface area contributed by atoms with Gasteiger partial charge in [0, 0.05) is 43.1 Å². The number of pyridine rings is 2. The third kappa shape index (κ3) is 2.92. The maximum atomic E-state index is 16.8. The van der Waals surface area contributed by atoms with Gasteiger partial charge >= 0.3 is 0 Å². The van der Waals surface area contributed by atoms with E-state index < -0.39 is 22.8 Å². The minimum absolute atomic E-state index is 0.193. The number of hydrogen-bond acceptors (Lipinski definition) is 4. The van der Waals surface area contributed by atoms with Crippen LogP contribution in [0.3, 0.4) is 0 Å². The fourth-order valence-corrected chi connectivity index (χ4v) is 9.26. The zero-order chi connectivity index (χ0) is 34.3. The molecule has 0 saturated carbocycles. The Morgan fingerprint density at radius 3 is 1.21 bits per heavy atom. The van der Waals surface area contributed by atoms with Gasteiger partial charge in [0.2, 0.25) is 0 Å². The Labute approximate surface area is 288 Å². The van der Waals surface area contributed by atoms with E-state index in [4.69, 9.17) is 9.97 Å². The lowest BCUT2D eigenvalue weighted by atomic mass is 9.85. The summed E-state index contributed by atoms with van der Waals surface area (Å²) in [5, 5.41) is 9.08. The molecule has 0 unspecified atom stereocenters. The molecule has 240 valence electrons. The van der Waals surface area contributed by atoms with Crippen LogP contribution in [0.1, 0.15) is 0 Å². The Morgan fingerprint density at radius 1 is 0.404 bits per heavy atom. The Morgan fingerprint density at radius 2 is 0.788 bits per heavy atom. The zero-order valence-electron chi connectivity index (χ0n) is 26.8. The molecule has 52 heavy (non-hydrogen) atoms. The van der Waals surface area contributed by atoms with Crippen LogP contribution in [0.4, 0.5) is 8.78 Å². The van der Waals surface area contributed by atoms with Gasteiger partial charge in [-0.3, -0.25) is 18.4 Å². The van der Waals surface area contributed by atoms with Crippen LogP contribution in [0.15, 0.2) is 119 Å². The highest BCUT2D eigenvalue weighted by Gasteiger charge is 2.27. The first-order valence-electron chi connectivity index (χ1n) is 17.0. The molecule has 0 spiro atoms. The predicted octanol–water partition coefficient (Wildman–Crippen LogP) is 9.83. The van der Waals surface area contributed by atoms with Crippen molar-refractivity contribution in [3.63, 3.8) is 0 Å². The fraction of sp³-hybridized carbons (Fsp3) is 0. The van der Waals surface area contributed by atoms with Crippen LogP contribution in [0, 0.1) is 11.6 Å². The number of aromatic nitrogens is 4. The van der Waals surface area contributed by atoms with Gasteiger partial charge in [0.15, 0.2) is 0 Å². The summed E-state index contributed by atoms with van der Waals surface area (Å²) in [6.45, 7) is 0. The van der Waals surface area contributed by atoms with Crippen molar-refractivity contribution in [3.05, 3.63) is 142 Å². The Bertz CT molecular complexity index is 3690. The summed E-state index contributed by atoms with van der Waals surface area (Å²) in [6.07, 6.45) is 0. The van der Waals surface area contributed by atoms with Gasteiger partial charge in [-0.05, 0) is 80.8 Å². The number of rotatable bonds is 0. The van der Waals surface area contributed by atoms with E-state index in [0.717, 1.165) is 21.5 Å². The molecule has 4 heterocycles. The van der Waals surface area contributed by atoms with E-state index in [1.165, 1.54) is 12.1 Å². The molecular weight excluding hydrogens is 655 g/mol. The first-order chi connectivity index (χ1) is 25.4. The van der Waals surface area contributed by atoms with Gasteiger partial charge in [-0.1, -0.05) is 60.7 Å². The van der Waals surface area contributed by atoms with Crippen molar-refractivity contribution in [2.75, 3.05) is 0 Å². The molecule has 0 saturated heterocycles. The monoisotopic (exact) mass is 672 g/mol. The quantitative estimate of drug-likeness (QED) is 0.119. The second-order valence-electron chi connectivity index (χ2n) is 13.9. The molecule has 9 aromatic carbocycles. The van der Waals surface area contributed by atoms with E-state index in [1.807, 2.05) is 84.9 Å². The van der Waals surface area contributed by atoms with Crippen molar-refractivity contribution in [2.24, 2.45) is 0 Å². The molecule has 0 aliphatic carbocycles. The SMILES string of the molecule is O=c1c2cc(F)c3c4ccc5c6c(cc(F)c(c7ccc(c2c73)c2nc3cc7ccccc7cc3n12)c46)c(=O)n1c2cc3ccccc3cc2nc51. The summed E-state index contributed by atoms with van der Waals surface area (Å²) in [7, 11) is 0. The Kier molecular flexibility index (Phi) is 4.44. The van der Waals surface area contributed by atoms with Gasteiger partial charge in [0.25, 0.3) is 11.1 Å². The number of hydrogen-bond donors (Lipinski definition) is 0. The van der Waals surface area contributed by atoms with Gasteiger partial charge in [0.05, 0.1) is 32.8 Å². The molecular formula is C44H18F2N4O2.